The molecule has 0 saturated carbocycles. The zero-order chi connectivity index (χ0) is 23.1. The Morgan fingerprint density at radius 1 is 0.677 bits per heavy atom. The second-order valence-corrected chi connectivity index (χ2v) is 6.00. The van der Waals surface area contributed by atoms with Crippen molar-refractivity contribution >= 4 is 11.9 Å². The number of carbonyl (C=O) groups excluding carboxylic acids is 1. The molecule has 0 spiro atoms. The second-order valence-electron chi connectivity index (χ2n) is 6.00. The van der Waals surface area contributed by atoms with Gasteiger partial charge in [0.15, 0.2) is 28.8 Å². The van der Waals surface area contributed by atoms with Gasteiger partial charge >= 0.3 is 0 Å². The van der Waals surface area contributed by atoms with Crippen LogP contribution in [-0.4, -0.2) is 60.7 Å². The van der Waals surface area contributed by atoms with Crippen molar-refractivity contribution in [3.63, 3.8) is 0 Å². The lowest BCUT2D eigenvalue weighted by Gasteiger charge is -2.17. The SMILES string of the molecule is COc1cc(C=CC(=O)c2c(O)cc(OC)c(OC)c2OC)c(OC)c(OC)c1OC. The average Bonchev–Trinajstić information content (AvgIpc) is 2.79. The van der Waals surface area contributed by atoms with E-state index in [2.05, 4.69) is 0 Å². The summed E-state index contributed by atoms with van der Waals surface area (Å²) in [5.74, 6) is 0.991. The molecule has 0 amide bonds. The number of benzene rings is 2. The van der Waals surface area contributed by atoms with Gasteiger partial charge in [0.05, 0.1) is 49.8 Å². The zero-order valence-corrected chi connectivity index (χ0v) is 18.5. The van der Waals surface area contributed by atoms with Gasteiger partial charge in [-0.05, 0) is 18.2 Å². The molecular weight excluding hydrogens is 408 g/mol. The molecule has 0 aliphatic heterocycles. The van der Waals surface area contributed by atoms with Crippen molar-refractivity contribution in [2.24, 2.45) is 0 Å². The first-order valence-corrected chi connectivity index (χ1v) is 9.03. The fourth-order valence-corrected chi connectivity index (χ4v) is 3.11. The van der Waals surface area contributed by atoms with E-state index >= 15 is 0 Å². The molecule has 9 heteroatoms. The molecule has 0 bridgehead atoms. The van der Waals surface area contributed by atoms with Crippen LogP contribution in [0.5, 0.6) is 46.0 Å². The summed E-state index contributed by atoms with van der Waals surface area (Å²) in [6.45, 7) is 0. The van der Waals surface area contributed by atoms with Crippen molar-refractivity contribution in [3.8, 4) is 46.0 Å². The van der Waals surface area contributed by atoms with E-state index in [1.165, 1.54) is 68.0 Å². The first-order valence-electron chi connectivity index (χ1n) is 9.03. The maximum atomic E-state index is 13.0. The van der Waals surface area contributed by atoms with E-state index in [4.69, 9.17) is 33.2 Å². The molecule has 9 nitrogen and oxygen atoms in total. The number of ether oxygens (including phenoxy) is 7. The van der Waals surface area contributed by atoms with Crippen molar-refractivity contribution in [1.82, 2.24) is 0 Å². The first-order chi connectivity index (χ1) is 14.9. The summed E-state index contributed by atoms with van der Waals surface area (Å²) in [5.41, 5.74) is 0.409. The summed E-state index contributed by atoms with van der Waals surface area (Å²) in [4.78, 5) is 13.0. The van der Waals surface area contributed by atoms with Gasteiger partial charge in [0.1, 0.15) is 11.3 Å². The predicted octanol–water partition coefficient (Wildman–Crippen LogP) is 3.35. The van der Waals surface area contributed by atoms with Crippen molar-refractivity contribution in [2.75, 3.05) is 49.8 Å². The Labute approximate surface area is 180 Å². The van der Waals surface area contributed by atoms with E-state index < -0.39 is 5.78 Å². The van der Waals surface area contributed by atoms with Gasteiger partial charge < -0.3 is 38.3 Å². The second kappa shape index (κ2) is 10.3. The van der Waals surface area contributed by atoms with Gasteiger partial charge in [-0.15, -0.1) is 0 Å². The summed E-state index contributed by atoms with van der Waals surface area (Å²) in [6.07, 6.45) is 2.76. The topological polar surface area (TPSA) is 102 Å². The lowest BCUT2D eigenvalue weighted by atomic mass is 10.0. The van der Waals surface area contributed by atoms with E-state index in [0.29, 0.717) is 28.6 Å². The average molecular weight is 434 g/mol. The minimum Gasteiger partial charge on any atom is -0.507 e. The number of rotatable bonds is 10. The molecular formula is C22H26O9. The maximum absolute atomic E-state index is 13.0. The number of ketones is 1. The number of allylic oxidation sites excluding steroid dienone is 1. The van der Waals surface area contributed by atoms with Crippen LogP contribution in [0.2, 0.25) is 0 Å². The number of methoxy groups -OCH3 is 7. The summed E-state index contributed by atoms with van der Waals surface area (Å²) in [7, 11) is 10.1. The molecule has 0 saturated heterocycles. The minimum absolute atomic E-state index is 0.0471. The number of carbonyl (C=O) groups is 1. The van der Waals surface area contributed by atoms with Gasteiger partial charge in [0.2, 0.25) is 17.2 Å². The van der Waals surface area contributed by atoms with Gasteiger partial charge in [0, 0.05) is 11.6 Å². The highest BCUT2D eigenvalue weighted by Crippen LogP contribution is 2.47. The summed E-state index contributed by atoms with van der Waals surface area (Å²) < 4.78 is 37.3. The van der Waals surface area contributed by atoms with Gasteiger partial charge in [-0.3, -0.25) is 4.79 Å². The Morgan fingerprint density at radius 2 is 1.16 bits per heavy atom. The minimum atomic E-state index is -0.536. The molecule has 0 aliphatic rings. The van der Waals surface area contributed by atoms with Gasteiger partial charge in [0.25, 0.3) is 0 Å². The fraction of sp³-hybridized carbons (Fsp3) is 0.318. The lowest BCUT2D eigenvalue weighted by molar-refractivity contribution is 0.104. The van der Waals surface area contributed by atoms with Crippen LogP contribution in [-0.2, 0) is 0 Å². The van der Waals surface area contributed by atoms with Crippen molar-refractivity contribution < 1.29 is 43.1 Å². The predicted molar refractivity (Wildman–Crippen MR) is 114 cm³/mol. The molecule has 0 radical (unpaired) electrons. The standard InChI is InChI=1S/C22H26O9/c1-25-15-10-12(18(27-3)22(31-7)20(15)29-5)8-9-13(23)17-14(24)11-16(26-2)19(28-4)21(17)30-6/h8-11,24H,1-7H3. The quantitative estimate of drug-likeness (QED) is 0.445. The largest absolute Gasteiger partial charge is 0.507 e. The summed E-state index contributed by atoms with van der Waals surface area (Å²) in [6, 6.07) is 2.91. The number of hydrogen-bond acceptors (Lipinski definition) is 9. The number of aromatic hydroxyl groups is 1. The van der Waals surface area contributed by atoms with Gasteiger partial charge in [-0.2, -0.15) is 0 Å². The monoisotopic (exact) mass is 434 g/mol. The Hall–Kier alpha value is -3.75. The van der Waals surface area contributed by atoms with Crippen molar-refractivity contribution in [1.29, 1.82) is 0 Å². The van der Waals surface area contributed by atoms with Gasteiger partial charge in [-0.1, -0.05) is 0 Å². The zero-order valence-electron chi connectivity index (χ0n) is 18.5. The molecule has 0 atom stereocenters. The van der Waals surface area contributed by atoms with Gasteiger partial charge in [-0.25, -0.2) is 0 Å². The molecule has 31 heavy (non-hydrogen) atoms. The molecule has 0 aliphatic carbocycles. The molecule has 1 N–H and O–H groups in total. The van der Waals surface area contributed by atoms with Crippen LogP contribution in [0.25, 0.3) is 6.08 Å². The Morgan fingerprint density at radius 3 is 1.65 bits per heavy atom. The van der Waals surface area contributed by atoms with E-state index in [1.54, 1.807) is 6.07 Å². The van der Waals surface area contributed by atoms with Crippen LogP contribution in [0.1, 0.15) is 15.9 Å². The molecule has 0 aromatic heterocycles. The Bertz CT molecular complexity index is 980. The highest BCUT2D eigenvalue weighted by molar-refractivity contribution is 6.11. The van der Waals surface area contributed by atoms with E-state index in [1.807, 2.05) is 0 Å². The van der Waals surface area contributed by atoms with Crippen molar-refractivity contribution in [2.45, 2.75) is 0 Å². The molecule has 0 heterocycles. The fourth-order valence-electron chi connectivity index (χ4n) is 3.11. The first kappa shape index (κ1) is 23.5. The summed E-state index contributed by atoms with van der Waals surface area (Å²) in [5, 5.41) is 10.4. The van der Waals surface area contributed by atoms with Crippen LogP contribution in [0, 0.1) is 0 Å². The van der Waals surface area contributed by atoms with Crippen LogP contribution in [0.3, 0.4) is 0 Å². The third-order valence-corrected chi connectivity index (χ3v) is 4.49. The van der Waals surface area contributed by atoms with E-state index in [-0.39, 0.29) is 28.6 Å². The molecule has 0 fully saturated rings. The molecule has 2 aromatic carbocycles. The molecule has 2 rings (SSSR count). The third-order valence-electron chi connectivity index (χ3n) is 4.49. The number of phenols is 1. The lowest BCUT2D eigenvalue weighted by Crippen LogP contribution is -2.04. The van der Waals surface area contributed by atoms with E-state index in [9.17, 15) is 9.90 Å². The normalized spacial score (nSPS) is 10.5. The van der Waals surface area contributed by atoms with Crippen LogP contribution in [0.15, 0.2) is 18.2 Å². The van der Waals surface area contributed by atoms with Crippen molar-refractivity contribution in [3.05, 3.63) is 29.3 Å². The molecule has 0 unspecified atom stereocenters. The van der Waals surface area contributed by atoms with Crippen LogP contribution in [0.4, 0.5) is 0 Å². The Balaban J connectivity index is 2.60. The molecule has 2 aromatic rings. The highest BCUT2D eigenvalue weighted by atomic mass is 16.5. The smallest absolute Gasteiger partial charge is 0.207 e. The van der Waals surface area contributed by atoms with Crippen LogP contribution < -0.4 is 33.2 Å². The number of phenolic OH excluding ortho intramolecular Hbond substituents is 1. The summed E-state index contributed by atoms with van der Waals surface area (Å²) >= 11 is 0. The van der Waals surface area contributed by atoms with Crippen LogP contribution >= 0.6 is 0 Å². The third kappa shape index (κ3) is 4.40. The van der Waals surface area contributed by atoms with E-state index in [0.717, 1.165) is 0 Å². The maximum Gasteiger partial charge on any atom is 0.207 e. The Kier molecular flexibility index (Phi) is 7.84. The molecule has 168 valence electrons. The number of hydrogen-bond donors (Lipinski definition) is 1. The highest BCUT2D eigenvalue weighted by Gasteiger charge is 2.25.